The van der Waals surface area contributed by atoms with Crippen molar-refractivity contribution in [2.75, 3.05) is 14.2 Å². The summed E-state index contributed by atoms with van der Waals surface area (Å²) < 4.78 is 88.7. The van der Waals surface area contributed by atoms with Gasteiger partial charge in [-0.05, 0) is 23.3 Å². The molecule has 2 rings (SSSR count). The first-order valence-corrected chi connectivity index (χ1v) is 8.90. The molecule has 0 fully saturated rings. The van der Waals surface area contributed by atoms with Crippen LogP contribution in [0.2, 0.25) is 0 Å². The highest BCUT2D eigenvalue weighted by atomic mass is 19.4. The summed E-state index contributed by atoms with van der Waals surface area (Å²) in [5.41, 5.74) is -4.86. The van der Waals surface area contributed by atoms with Gasteiger partial charge >= 0.3 is 24.3 Å². The summed E-state index contributed by atoms with van der Waals surface area (Å²) in [7, 11) is 1.68. The minimum atomic E-state index is -5.07. The van der Waals surface area contributed by atoms with E-state index >= 15 is 0 Å². The van der Waals surface area contributed by atoms with Crippen molar-refractivity contribution >= 4 is 17.6 Å². The van der Waals surface area contributed by atoms with E-state index in [1.54, 1.807) is 0 Å². The lowest BCUT2D eigenvalue weighted by Crippen LogP contribution is -2.29. The Morgan fingerprint density at radius 2 is 1.30 bits per heavy atom. The number of hydrogen-bond donors (Lipinski definition) is 0. The Bertz CT molecular complexity index is 1070. The van der Waals surface area contributed by atoms with E-state index in [2.05, 4.69) is 9.47 Å². The van der Waals surface area contributed by atoms with Crippen molar-refractivity contribution in [2.45, 2.75) is 24.2 Å². The minimum Gasteiger partial charge on any atom is -0.469 e. The molecule has 0 amide bonds. The first-order chi connectivity index (χ1) is 15.2. The molecule has 178 valence electrons. The molecule has 7 nitrogen and oxygen atoms in total. The number of hydrogen-bond acceptors (Lipinski definition) is 6. The Balaban J connectivity index is 2.83. The number of methoxy groups -OCH3 is 2. The maximum absolute atomic E-state index is 13.3. The number of nitrogens with zero attached hydrogens (tertiary/aromatic N) is 1. The molecule has 0 bridgehead atoms. The number of carbonyl (C=O) groups excluding carboxylic acids is 2. The maximum Gasteiger partial charge on any atom is 0.416 e. The number of non-ortho nitro benzene ring substituents is 1. The van der Waals surface area contributed by atoms with Crippen molar-refractivity contribution in [3.05, 3.63) is 74.8 Å². The lowest BCUT2D eigenvalue weighted by Gasteiger charge is -2.25. The number of ether oxygens (including phenoxy) is 2. The van der Waals surface area contributed by atoms with Gasteiger partial charge in [-0.1, -0.05) is 18.2 Å². The number of halogens is 6. The molecule has 33 heavy (non-hydrogen) atoms. The zero-order valence-corrected chi connectivity index (χ0v) is 16.9. The van der Waals surface area contributed by atoms with E-state index in [0.29, 0.717) is 24.3 Å². The molecular formula is C20H15F6NO6. The highest BCUT2D eigenvalue weighted by molar-refractivity contribution is 5.90. The summed E-state index contributed by atoms with van der Waals surface area (Å²) >= 11 is 0. The van der Waals surface area contributed by atoms with Crippen LogP contribution in [0.1, 0.15) is 34.1 Å². The fourth-order valence-corrected chi connectivity index (χ4v) is 3.17. The van der Waals surface area contributed by atoms with E-state index < -0.39 is 69.0 Å². The summed E-state index contributed by atoms with van der Waals surface area (Å²) in [6, 6.07) is 4.39. The van der Waals surface area contributed by atoms with Gasteiger partial charge in [0.1, 0.15) is 0 Å². The van der Waals surface area contributed by atoms with Crippen molar-refractivity contribution in [3.8, 4) is 0 Å². The van der Waals surface area contributed by atoms with Gasteiger partial charge in [-0.3, -0.25) is 19.7 Å². The third-order valence-corrected chi connectivity index (χ3v) is 4.65. The van der Waals surface area contributed by atoms with Crippen LogP contribution in [0.3, 0.4) is 0 Å². The Morgan fingerprint density at radius 1 is 0.818 bits per heavy atom. The van der Waals surface area contributed by atoms with Gasteiger partial charge in [0.15, 0.2) is 0 Å². The predicted molar refractivity (Wildman–Crippen MR) is 99.1 cm³/mol. The first kappa shape index (κ1) is 25.6. The summed E-state index contributed by atoms with van der Waals surface area (Å²) in [4.78, 5) is 35.1. The van der Waals surface area contributed by atoms with Gasteiger partial charge in [0.2, 0.25) is 0 Å². The van der Waals surface area contributed by atoms with Gasteiger partial charge in [0.05, 0.1) is 42.1 Å². The number of alkyl halides is 6. The van der Waals surface area contributed by atoms with Crippen molar-refractivity contribution in [1.82, 2.24) is 0 Å². The molecule has 0 aliphatic heterocycles. The quantitative estimate of drug-likeness (QED) is 0.255. The second-order valence-corrected chi connectivity index (χ2v) is 6.69. The number of rotatable bonds is 6. The van der Waals surface area contributed by atoms with Crippen molar-refractivity contribution < 1.29 is 50.3 Å². The van der Waals surface area contributed by atoms with Crippen molar-refractivity contribution in [3.63, 3.8) is 0 Å². The lowest BCUT2D eigenvalue weighted by atomic mass is 9.80. The molecule has 0 saturated carbocycles. The maximum atomic E-state index is 13.3. The van der Waals surface area contributed by atoms with Crippen LogP contribution < -0.4 is 0 Å². The molecule has 0 N–H and O–H groups in total. The van der Waals surface area contributed by atoms with E-state index in [1.165, 1.54) is 0 Å². The monoisotopic (exact) mass is 479 g/mol. The van der Waals surface area contributed by atoms with Crippen LogP contribution >= 0.6 is 0 Å². The van der Waals surface area contributed by atoms with Crippen molar-refractivity contribution in [2.24, 2.45) is 0 Å². The summed E-state index contributed by atoms with van der Waals surface area (Å²) in [6.45, 7) is 0. The average molecular weight is 479 g/mol. The second-order valence-electron chi connectivity index (χ2n) is 6.69. The molecule has 2 atom stereocenters. The zero-order valence-electron chi connectivity index (χ0n) is 16.9. The fraction of sp³-hybridized carbons (Fsp3) is 0.300. The molecule has 0 aliphatic carbocycles. The third kappa shape index (κ3) is 5.79. The second kappa shape index (κ2) is 9.46. The average Bonchev–Trinajstić information content (AvgIpc) is 2.74. The van der Waals surface area contributed by atoms with Gasteiger partial charge in [0.25, 0.3) is 5.69 Å². The molecule has 0 spiro atoms. The van der Waals surface area contributed by atoms with E-state index in [1.807, 2.05) is 0 Å². The molecule has 0 aliphatic rings. The van der Waals surface area contributed by atoms with Crippen LogP contribution in [0.25, 0.3) is 0 Å². The molecule has 0 radical (unpaired) electrons. The van der Waals surface area contributed by atoms with Crippen LogP contribution in [0.4, 0.5) is 32.0 Å². The molecule has 2 aromatic rings. The van der Waals surface area contributed by atoms with Gasteiger partial charge < -0.3 is 9.47 Å². The van der Waals surface area contributed by atoms with Gasteiger partial charge in [-0.15, -0.1) is 0 Å². The van der Waals surface area contributed by atoms with Crippen LogP contribution in [-0.2, 0) is 31.4 Å². The molecule has 13 heteroatoms. The number of nitro groups is 1. The Morgan fingerprint density at radius 3 is 1.76 bits per heavy atom. The number of carbonyl (C=O) groups is 2. The van der Waals surface area contributed by atoms with E-state index in [4.69, 9.17) is 0 Å². The largest absolute Gasteiger partial charge is 0.469 e. The molecule has 0 saturated heterocycles. The number of esters is 2. The van der Waals surface area contributed by atoms with Crippen LogP contribution in [0.5, 0.6) is 0 Å². The fourth-order valence-electron chi connectivity index (χ4n) is 3.17. The Kier molecular flexibility index (Phi) is 7.35. The van der Waals surface area contributed by atoms with Gasteiger partial charge in [0, 0.05) is 12.1 Å². The Hall–Kier alpha value is -3.64. The highest BCUT2D eigenvalue weighted by Gasteiger charge is 2.42. The van der Waals surface area contributed by atoms with E-state index in [-0.39, 0.29) is 6.07 Å². The van der Waals surface area contributed by atoms with Gasteiger partial charge in [-0.2, -0.15) is 26.3 Å². The highest BCUT2D eigenvalue weighted by Crippen LogP contribution is 2.41. The van der Waals surface area contributed by atoms with Crippen molar-refractivity contribution in [1.29, 1.82) is 0 Å². The normalized spacial score (nSPS) is 13.7. The first-order valence-electron chi connectivity index (χ1n) is 8.90. The lowest BCUT2D eigenvalue weighted by molar-refractivity contribution is -0.385. The Labute approximate surface area is 182 Å². The SMILES string of the molecule is COC(=O)C(c1cccc(C(F)(F)F)c1)C(C(=O)OC)c1cc([N+](=O)[O-])cc(C(F)(F)F)c1. The summed E-state index contributed by atoms with van der Waals surface area (Å²) in [6.07, 6.45) is -9.91. The van der Waals surface area contributed by atoms with Gasteiger partial charge in [-0.25, -0.2) is 0 Å². The predicted octanol–water partition coefficient (Wildman–Crippen LogP) is 4.85. The topological polar surface area (TPSA) is 95.7 Å². The number of benzene rings is 2. The third-order valence-electron chi connectivity index (χ3n) is 4.65. The van der Waals surface area contributed by atoms with Crippen LogP contribution in [-0.4, -0.2) is 31.1 Å². The van der Waals surface area contributed by atoms with Crippen LogP contribution in [0, 0.1) is 10.1 Å². The molecule has 0 aromatic heterocycles. The van der Waals surface area contributed by atoms with E-state index in [9.17, 15) is 46.0 Å². The molecule has 0 heterocycles. The van der Waals surface area contributed by atoms with E-state index in [0.717, 1.165) is 26.4 Å². The zero-order chi connectivity index (χ0) is 25.1. The smallest absolute Gasteiger partial charge is 0.416 e. The molecule has 2 aromatic carbocycles. The molecular weight excluding hydrogens is 464 g/mol. The minimum absolute atomic E-state index is 0.218. The number of nitro benzene ring substituents is 1. The van der Waals surface area contributed by atoms with Crippen LogP contribution in [0.15, 0.2) is 42.5 Å². The summed E-state index contributed by atoms with van der Waals surface area (Å²) in [5, 5.41) is 11.2. The standard InChI is InChI=1S/C20H15F6NO6/c1-32-17(28)15(10-4-3-5-12(6-10)19(21,22)23)16(18(29)33-2)11-7-13(20(24,25)26)9-14(8-11)27(30)31/h3-9,15-16H,1-2H3. The summed E-state index contributed by atoms with van der Waals surface area (Å²) in [5.74, 6) is -6.50. The molecule has 2 unspecified atom stereocenters.